The topological polar surface area (TPSA) is 55.4 Å². The highest BCUT2D eigenvalue weighted by Crippen LogP contribution is 2.29. The molecule has 1 atom stereocenters. The number of sulfonamides is 1. The van der Waals surface area contributed by atoms with Crippen molar-refractivity contribution in [1.29, 1.82) is 0 Å². The third-order valence-corrected chi connectivity index (χ3v) is 4.57. The van der Waals surface area contributed by atoms with Gasteiger partial charge in [0.1, 0.15) is 5.75 Å². The standard InChI is InChI=1S/C11H13Cl2F2NO3S/c1-7(5-12)6-20(17,18)16-8-2-3-10(9(13)4-8)19-11(14)15/h2-4,7,11,16H,5-6H2,1H3. The molecular formula is C11H13Cl2F2NO3S. The first-order valence-electron chi connectivity index (χ1n) is 5.54. The lowest BCUT2D eigenvalue weighted by Crippen LogP contribution is -2.22. The summed E-state index contributed by atoms with van der Waals surface area (Å²) >= 11 is 11.3. The minimum absolute atomic E-state index is 0.115. The Balaban J connectivity index is 2.81. The van der Waals surface area contributed by atoms with Crippen molar-refractivity contribution in [3.8, 4) is 5.75 Å². The molecule has 9 heteroatoms. The summed E-state index contributed by atoms with van der Waals surface area (Å²) in [7, 11) is -3.58. The van der Waals surface area contributed by atoms with Crippen molar-refractivity contribution in [3.05, 3.63) is 23.2 Å². The Morgan fingerprint density at radius 2 is 2.05 bits per heavy atom. The zero-order chi connectivity index (χ0) is 15.3. The average molecular weight is 348 g/mol. The van der Waals surface area contributed by atoms with E-state index in [-0.39, 0.29) is 34.0 Å². The Kier molecular flexibility index (Phi) is 6.29. The molecule has 0 radical (unpaired) electrons. The molecule has 1 rings (SSSR count). The van der Waals surface area contributed by atoms with E-state index in [9.17, 15) is 17.2 Å². The quantitative estimate of drug-likeness (QED) is 0.767. The largest absolute Gasteiger partial charge is 0.433 e. The maximum absolute atomic E-state index is 12.0. The van der Waals surface area contributed by atoms with Crippen LogP contribution < -0.4 is 9.46 Å². The summed E-state index contributed by atoms with van der Waals surface area (Å²) in [5, 5.41) is -0.115. The molecule has 1 aromatic carbocycles. The Labute approximate surface area is 126 Å². The van der Waals surface area contributed by atoms with Crippen LogP contribution in [-0.2, 0) is 10.0 Å². The number of benzene rings is 1. The molecule has 4 nitrogen and oxygen atoms in total. The molecule has 1 N–H and O–H groups in total. The molecule has 0 aromatic heterocycles. The van der Waals surface area contributed by atoms with Crippen molar-refractivity contribution in [2.45, 2.75) is 13.5 Å². The lowest BCUT2D eigenvalue weighted by atomic mass is 10.3. The predicted octanol–water partition coefficient (Wildman–Crippen LogP) is 3.56. The molecule has 0 aliphatic carbocycles. The third kappa shape index (κ3) is 5.68. The van der Waals surface area contributed by atoms with Crippen LogP contribution in [0.4, 0.5) is 14.5 Å². The van der Waals surface area contributed by atoms with Gasteiger partial charge in [-0.05, 0) is 24.1 Å². The van der Waals surface area contributed by atoms with Gasteiger partial charge in [-0.2, -0.15) is 8.78 Å². The molecule has 0 aliphatic rings. The summed E-state index contributed by atoms with van der Waals surface area (Å²) in [6.45, 7) is -1.31. The molecule has 0 saturated carbocycles. The highest BCUT2D eigenvalue weighted by atomic mass is 35.5. The minimum Gasteiger partial charge on any atom is -0.433 e. The van der Waals surface area contributed by atoms with Gasteiger partial charge in [0.25, 0.3) is 0 Å². The summed E-state index contributed by atoms with van der Waals surface area (Å²) in [5.41, 5.74) is 0.165. The van der Waals surface area contributed by atoms with Crippen LogP contribution in [0, 0.1) is 5.92 Å². The second-order valence-corrected chi connectivity index (χ2v) is 6.65. The molecule has 114 valence electrons. The number of hydrogen-bond acceptors (Lipinski definition) is 3. The lowest BCUT2D eigenvalue weighted by molar-refractivity contribution is -0.0497. The molecule has 1 unspecified atom stereocenters. The van der Waals surface area contributed by atoms with Crippen LogP contribution in [0.1, 0.15) is 6.92 Å². The smallest absolute Gasteiger partial charge is 0.387 e. The van der Waals surface area contributed by atoms with Gasteiger partial charge in [-0.1, -0.05) is 18.5 Å². The van der Waals surface area contributed by atoms with Gasteiger partial charge in [0.05, 0.1) is 16.5 Å². The Morgan fingerprint density at radius 3 is 2.55 bits per heavy atom. The van der Waals surface area contributed by atoms with Gasteiger partial charge in [0.2, 0.25) is 10.0 Å². The van der Waals surface area contributed by atoms with Crippen molar-refractivity contribution in [2.24, 2.45) is 5.92 Å². The fourth-order valence-corrected chi connectivity index (χ4v) is 3.30. The summed E-state index contributed by atoms with van der Waals surface area (Å²) in [6, 6.07) is 3.64. The van der Waals surface area contributed by atoms with Gasteiger partial charge >= 0.3 is 6.61 Å². The number of nitrogens with one attached hydrogen (secondary N) is 1. The molecule has 0 amide bonds. The maximum atomic E-state index is 12.0. The van der Waals surface area contributed by atoms with Crippen LogP contribution in [0.15, 0.2) is 18.2 Å². The van der Waals surface area contributed by atoms with Crippen molar-refractivity contribution < 1.29 is 21.9 Å². The molecular weight excluding hydrogens is 335 g/mol. The Bertz CT molecular complexity index is 555. The summed E-state index contributed by atoms with van der Waals surface area (Å²) < 4.78 is 54.1. The van der Waals surface area contributed by atoms with Crippen LogP contribution in [-0.4, -0.2) is 26.7 Å². The number of rotatable bonds is 7. The Hall–Kier alpha value is -0.790. The predicted molar refractivity (Wildman–Crippen MR) is 75.4 cm³/mol. The molecule has 0 saturated heterocycles. The first kappa shape index (κ1) is 17.3. The highest BCUT2D eigenvalue weighted by molar-refractivity contribution is 7.92. The molecule has 0 heterocycles. The van der Waals surface area contributed by atoms with Gasteiger partial charge in [0, 0.05) is 5.88 Å². The molecule has 0 bridgehead atoms. The van der Waals surface area contributed by atoms with Crippen molar-refractivity contribution in [1.82, 2.24) is 0 Å². The number of halogens is 4. The van der Waals surface area contributed by atoms with Crippen LogP contribution in [0.2, 0.25) is 5.02 Å². The monoisotopic (exact) mass is 347 g/mol. The van der Waals surface area contributed by atoms with E-state index in [4.69, 9.17) is 23.2 Å². The second kappa shape index (κ2) is 7.28. The lowest BCUT2D eigenvalue weighted by Gasteiger charge is -2.12. The van der Waals surface area contributed by atoms with Crippen LogP contribution >= 0.6 is 23.2 Å². The number of anilines is 1. The normalized spacial score (nSPS) is 13.3. The van der Waals surface area contributed by atoms with Crippen LogP contribution in [0.5, 0.6) is 5.75 Å². The van der Waals surface area contributed by atoms with Gasteiger partial charge < -0.3 is 4.74 Å². The zero-order valence-corrected chi connectivity index (χ0v) is 12.8. The van der Waals surface area contributed by atoms with Crippen molar-refractivity contribution in [3.63, 3.8) is 0 Å². The number of alkyl halides is 3. The van der Waals surface area contributed by atoms with Gasteiger partial charge in [-0.25, -0.2) is 8.42 Å². The third-order valence-electron chi connectivity index (χ3n) is 2.19. The fourth-order valence-electron chi connectivity index (χ4n) is 1.40. The van der Waals surface area contributed by atoms with E-state index < -0.39 is 16.6 Å². The van der Waals surface area contributed by atoms with E-state index in [1.165, 1.54) is 12.1 Å². The fraction of sp³-hybridized carbons (Fsp3) is 0.455. The molecule has 0 spiro atoms. The van der Waals surface area contributed by atoms with Crippen LogP contribution in [0.3, 0.4) is 0 Å². The Morgan fingerprint density at radius 1 is 1.40 bits per heavy atom. The van der Waals surface area contributed by atoms with E-state index in [0.717, 1.165) is 6.07 Å². The zero-order valence-electron chi connectivity index (χ0n) is 10.4. The molecule has 0 aliphatic heterocycles. The molecule has 20 heavy (non-hydrogen) atoms. The van der Waals surface area contributed by atoms with Crippen LogP contribution in [0.25, 0.3) is 0 Å². The molecule has 0 fully saturated rings. The van der Waals surface area contributed by atoms with Gasteiger partial charge in [-0.3, -0.25) is 4.72 Å². The van der Waals surface area contributed by atoms with E-state index in [0.29, 0.717) is 0 Å². The number of hydrogen-bond donors (Lipinski definition) is 1. The molecule has 1 aromatic rings. The summed E-state index contributed by atoms with van der Waals surface area (Å²) in [6.07, 6.45) is 0. The number of ether oxygens (including phenoxy) is 1. The SMILES string of the molecule is CC(CCl)CS(=O)(=O)Nc1ccc(OC(F)F)c(Cl)c1. The average Bonchev–Trinajstić information content (AvgIpc) is 2.31. The first-order valence-corrected chi connectivity index (χ1v) is 8.11. The van der Waals surface area contributed by atoms with E-state index in [2.05, 4.69) is 9.46 Å². The van der Waals surface area contributed by atoms with Crippen molar-refractivity contribution >= 4 is 38.9 Å². The highest BCUT2D eigenvalue weighted by Gasteiger charge is 2.16. The van der Waals surface area contributed by atoms with E-state index in [1.54, 1.807) is 6.92 Å². The van der Waals surface area contributed by atoms with Gasteiger partial charge in [-0.15, -0.1) is 11.6 Å². The van der Waals surface area contributed by atoms with E-state index >= 15 is 0 Å². The van der Waals surface area contributed by atoms with Gasteiger partial charge in [0.15, 0.2) is 0 Å². The summed E-state index contributed by atoms with van der Waals surface area (Å²) in [5.74, 6) is -0.378. The second-order valence-electron chi connectivity index (χ2n) is 4.17. The summed E-state index contributed by atoms with van der Waals surface area (Å²) in [4.78, 5) is 0. The van der Waals surface area contributed by atoms with Crippen molar-refractivity contribution in [2.75, 3.05) is 16.4 Å². The first-order chi connectivity index (χ1) is 9.23. The minimum atomic E-state index is -3.58. The maximum Gasteiger partial charge on any atom is 0.387 e. The van der Waals surface area contributed by atoms with E-state index in [1.807, 2.05) is 0 Å².